The number of benzene rings is 2. The van der Waals surface area contributed by atoms with Gasteiger partial charge in [-0.3, -0.25) is 0 Å². The molecule has 2 aromatic carbocycles. The van der Waals surface area contributed by atoms with Crippen molar-refractivity contribution in [1.29, 1.82) is 0 Å². The quantitative estimate of drug-likeness (QED) is 0.440. The summed E-state index contributed by atoms with van der Waals surface area (Å²) in [5, 5.41) is 17.2. The van der Waals surface area contributed by atoms with Crippen LogP contribution >= 0.6 is 0 Å². The first-order valence-corrected chi connectivity index (χ1v) is 12.2. The molecular weight excluding hydrogens is 454 g/mol. The van der Waals surface area contributed by atoms with E-state index in [0.717, 1.165) is 42.2 Å². The van der Waals surface area contributed by atoms with Gasteiger partial charge in [-0.1, -0.05) is 37.3 Å². The second-order valence-corrected chi connectivity index (χ2v) is 9.30. The maximum atomic E-state index is 11.3. The molecule has 0 amide bonds. The van der Waals surface area contributed by atoms with Crippen LogP contribution in [-0.4, -0.2) is 50.4 Å². The minimum Gasteiger partial charge on any atom is -0.478 e. The molecule has 0 saturated heterocycles. The average molecular weight is 488 g/mol. The van der Waals surface area contributed by atoms with Crippen LogP contribution < -0.4 is 10.1 Å². The van der Waals surface area contributed by atoms with Gasteiger partial charge in [0.05, 0.1) is 18.4 Å². The first kappa shape index (κ1) is 25.0. The fraction of sp³-hybridized carbons (Fsp3) is 0.321. The summed E-state index contributed by atoms with van der Waals surface area (Å²) < 4.78 is 7.51. The zero-order chi connectivity index (χ0) is 25.5. The summed E-state index contributed by atoms with van der Waals surface area (Å²) in [7, 11) is 0. The zero-order valence-electron chi connectivity index (χ0n) is 21.0. The van der Waals surface area contributed by atoms with Crippen LogP contribution in [0.5, 0.6) is 5.75 Å². The number of aliphatic carboxylic acids is 1. The summed E-state index contributed by atoms with van der Waals surface area (Å²) in [5.41, 5.74) is 3.23. The topological polar surface area (TPSA) is 92.0 Å². The van der Waals surface area contributed by atoms with Crippen LogP contribution in [0, 0.1) is 0 Å². The normalized spacial score (nSPS) is 13.4. The summed E-state index contributed by atoms with van der Waals surface area (Å²) in [5.74, 6) is 0.383. The van der Waals surface area contributed by atoms with Crippen LogP contribution in [0.4, 0.5) is 0 Å². The summed E-state index contributed by atoms with van der Waals surface area (Å²) in [4.78, 5) is 18.4. The van der Waals surface area contributed by atoms with Crippen molar-refractivity contribution >= 4 is 11.9 Å². The Hall–Kier alpha value is -4.07. The Morgan fingerprint density at radius 2 is 1.89 bits per heavy atom. The molecule has 0 aliphatic carbocycles. The molecule has 2 heterocycles. The van der Waals surface area contributed by atoms with Gasteiger partial charge in [-0.2, -0.15) is 5.10 Å². The predicted molar refractivity (Wildman–Crippen MR) is 140 cm³/mol. The highest BCUT2D eigenvalue weighted by Crippen LogP contribution is 2.20. The zero-order valence-corrected chi connectivity index (χ0v) is 21.0. The second kappa shape index (κ2) is 11.1. The third kappa shape index (κ3) is 6.33. The Morgan fingerprint density at radius 3 is 2.53 bits per heavy atom. The Kier molecular flexibility index (Phi) is 7.73. The van der Waals surface area contributed by atoms with Crippen LogP contribution in [-0.2, 0) is 17.8 Å². The Balaban J connectivity index is 1.45. The molecule has 0 unspecified atom stereocenters. The fourth-order valence-corrected chi connectivity index (χ4v) is 3.81. The van der Waals surface area contributed by atoms with Crippen molar-refractivity contribution in [2.24, 2.45) is 4.99 Å². The molecule has 0 bridgehead atoms. The van der Waals surface area contributed by atoms with Crippen LogP contribution in [0.1, 0.15) is 38.3 Å². The first-order valence-electron chi connectivity index (χ1n) is 12.2. The minimum atomic E-state index is -1.28. The van der Waals surface area contributed by atoms with E-state index in [-0.39, 0.29) is 0 Å². The Morgan fingerprint density at radius 1 is 1.14 bits per heavy atom. The summed E-state index contributed by atoms with van der Waals surface area (Å²) in [6.45, 7) is 7.33. The van der Waals surface area contributed by atoms with Crippen molar-refractivity contribution < 1.29 is 14.6 Å². The SMILES string of the molecule is CCC1=CNC(N(CCc2ccc(OC(C)(C)C(=O)O)cc2)Cc2cnn(-c3ccccc3)c2)=NC1. The molecule has 1 aliphatic heterocycles. The lowest BCUT2D eigenvalue weighted by atomic mass is 10.1. The summed E-state index contributed by atoms with van der Waals surface area (Å²) >= 11 is 0. The van der Waals surface area contributed by atoms with Crippen LogP contribution in [0.3, 0.4) is 0 Å². The third-order valence-corrected chi connectivity index (χ3v) is 6.10. The van der Waals surface area contributed by atoms with Crippen molar-refractivity contribution in [2.75, 3.05) is 13.1 Å². The second-order valence-electron chi connectivity index (χ2n) is 9.30. The summed E-state index contributed by atoms with van der Waals surface area (Å²) in [6, 6.07) is 17.6. The number of rotatable bonds is 10. The molecule has 2 N–H and O–H groups in total. The van der Waals surface area contributed by atoms with E-state index in [2.05, 4.69) is 34.6 Å². The van der Waals surface area contributed by atoms with Gasteiger partial charge in [-0.05, 0) is 62.1 Å². The molecular formula is C28H33N5O3. The number of hydrogen-bond donors (Lipinski definition) is 2. The molecule has 0 saturated carbocycles. The van der Waals surface area contributed by atoms with Crippen molar-refractivity contribution in [3.05, 3.63) is 89.9 Å². The predicted octanol–water partition coefficient (Wildman–Crippen LogP) is 4.41. The number of carbonyl (C=O) groups is 1. The number of carboxylic acid groups (broad SMARTS) is 1. The highest BCUT2D eigenvalue weighted by atomic mass is 16.5. The molecule has 1 aliphatic rings. The van der Waals surface area contributed by atoms with E-state index in [9.17, 15) is 9.90 Å². The highest BCUT2D eigenvalue weighted by Gasteiger charge is 2.29. The highest BCUT2D eigenvalue weighted by molar-refractivity contribution is 5.82. The number of carboxylic acids is 1. The minimum absolute atomic E-state index is 0.534. The van der Waals surface area contributed by atoms with Gasteiger partial charge in [-0.15, -0.1) is 0 Å². The number of aliphatic imine (C=N–C) groups is 1. The van der Waals surface area contributed by atoms with E-state index in [4.69, 9.17) is 9.73 Å². The number of para-hydroxylation sites is 1. The number of ether oxygens (including phenoxy) is 1. The standard InChI is InChI=1S/C28H33N5O3/c1-4-21-16-29-27(30-17-21)32(19-23-18-31-33(20-23)24-8-6-5-7-9-24)15-14-22-10-12-25(13-11-22)36-28(2,3)26(34)35/h5-13,16,18,20H,4,14-15,17,19H2,1-3H3,(H,29,30)(H,34,35). The number of nitrogens with zero attached hydrogens (tertiary/aromatic N) is 4. The van der Waals surface area contributed by atoms with E-state index < -0.39 is 11.6 Å². The van der Waals surface area contributed by atoms with E-state index in [1.807, 2.05) is 65.5 Å². The molecule has 0 atom stereocenters. The molecule has 1 aromatic heterocycles. The van der Waals surface area contributed by atoms with E-state index in [0.29, 0.717) is 18.8 Å². The molecule has 8 nitrogen and oxygen atoms in total. The smallest absolute Gasteiger partial charge is 0.347 e. The molecule has 0 radical (unpaired) electrons. The van der Waals surface area contributed by atoms with Crippen molar-refractivity contribution in [2.45, 2.75) is 45.8 Å². The van der Waals surface area contributed by atoms with Crippen molar-refractivity contribution in [3.8, 4) is 11.4 Å². The lowest BCUT2D eigenvalue weighted by Crippen LogP contribution is -2.41. The van der Waals surface area contributed by atoms with Gasteiger partial charge in [-0.25, -0.2) is 14.5 Å². The summed E-state index contributed by atoms with van der Waals surface area (Å²) in [6.07, 6.45) is 7.77. The number of guanidine groups is 1. The van der Waals surface area contributed by atoms with Crippen LogP contribution in [0.25, 0.3) is 5.69 Å². The molecule has 0 spiro atoms. The van der Waals surface area contributed by atoms with Crippen molar-refractivity contribution in [3.63, 3.8) is 0 Å². The average Bonchev–Trinajstić information content (AvgIpc) is 3.36. The fourth-order valence-electron chi connectivity index (χ4n) is 3.81. The third-order valence-electron chi connectivity index (χ3n) is 6.10. The Labute approximate surface area is 211 Å². The lowest BCUT2D eigenvalue weighted by molar-refractivity contribution is -0.152. The van der Waals surface area contributed by atoms with Gasteiger partial charge in [0.25, 0.3) is 0 Å². The van der Waals surface area contributed by atoms with E-state index in [1.165, 1.54) is 19.4 Å². The molecule has 3 aromatic rings. The van der Waals surface area contributed by atoms with Crippen LogP contribution in [0.15, 0.2) is 83.8 Å². The van der Waals surface area contributed by atoms with E-state index in [1.54, 1.807) is 0 Å². The Bertz CT molecular complexity index is 1230. The number of aromatic nitrogens is 2. The lowest BCUT2D eigenvalue weighted by Gasteiger charge is -2.28. The number of nitrogens with one attached hydrogen (secondary N) is 1. The molecule has 4 rings (SSSR count). The van der Waals surface area contributed by atoms with Crippen molar-refractivity contribution in [1.82, 2.24) is 20.0 Å². The maximum Gasteiger partial charge on any atom is 0.347 e. The molecule has 188 valence electrons. The molecule has 36 heavy (non-hydrogen) atoms. The van der Waals surface area contributed by atoms with Gasteiger partial charge in [0.1, 0.15) is 5.75 Å². The van der Waals surface area contributed by atoms with Gasteiger partial charge < -0.3 is 20.1 Å². The van der Waals surface area contributed by atoms with Gasteiger partial charge in [0.15, 0.2) is 11.6 Å². The first-order chi connectivity index (χ1) is 17.3. The van der Waals surface area contributed by atoms with Crippen LogP contribution in [0.2, 0.25) is 0 Å². The molecule has 8 heteroatoms. The number of hydrogen-bond acceptors (Lipinski definition) is 6. The van der Waals surface area contributed by atoms with Gasteiger partial charge in [0.2, 0.25) is 0 Å². The van der Waals surface area contributed by atoms with E-state index >= 15 is 0 Å². The largest absolute Gasteiger partial charge is 0.478 e. The van der Waals surface area contributed by atoms with Gasteiger partial charge in [0, 0.05) is 31.0 Å². The van der Waals surface area contributed by atoms with Gasteiger partial charge >= 0.3 is 5.97 Å². The monoisotopic (exact) mass is 487 g/mol. The molecule has 0 fully saturated rings. The maximum absolute atomic E-state index is 11.3.